The van der Waals surface area contributed by atoms with Gasteiger partial charge < -0.3 is 4.42 Å². The molecule has 0 aliphatic carbocycles. The molecule has 122 valence electrons. The predicted molar refractivity (Wildman–Crippen MR) is 97.6 cm³/mol. The summed E-state index contributed by atoms with van der Waals surface area (Å²) in [6, 6.07) is 17.2. The van der Waals surface area contributed by atoms with Crippen molar-refractivity contribution in [2.75, 3.05) is 0 Å². The summed E-state index contributed by atoms with van der Waals surface area (Å²) in [5.74, 6) is -0.290. The lowest BCUT2D eigenvalue weighted by atomic mass is 10.1. The number of pyridine rings is 1. The van der Waals surface area contributed by atoms with E-state index < -0.39 is 0 Å². The van der Waals surface area contributed by atoms with E-state index in [0.717, 1.165) is 27.5 Å². The maximum Gasteiger partial charge on any atom is 0.272 e. The fraction of sp³-hybridized carbons (Fsp3) is 0.0500. The van der Waals surface area contributed by atoms with Crippen molar-refractivity contribution in [2.45, 2.75) is 6.92 Å². The first-order valence-corrected chi connectivity index (χ1v) is 7.89. The molecule has 4 rings (SSSR count). The molecule has 0 radical (unpaired) electrons. The van der Waals surface area contributed by atoms with Crippen LogP contribution in [0.4, 0.5) is 0 Å². The Balaban J connectivity index is 1.64. The number of hydrazone groups is 1. The normalized spacial score (nSPS) is 11.8. The Bertz CT molecular complexity index is 1100. The Morgan fingerprint density at radius 1 is 1.00 bits per heavy atom. The highest BCUT2D eigenvalue weighted by Gasteiger charge is 2.09. The maximum atomic E-state index is 12.1. The molecule has 0 saturated carbocycles. The minimum absolute atomic E-state index is 0.290. The van der Waals surface area contributed by atoms with E-state index in [9.17, 15) is 4.79 Å². The van der Waals surface area contributed by atoms with Crippen LogP contribution in [-0.4, -0.2) is 16.6 Å². The highest BCUT2D eigenvalue weighted by Crippen LogP contribution is 2.29. The van der Waals surface area contributed by atoms with Crippen LogP contribution in [0.25, 0.3) is 21.9 Å². The summed E-state index contributed by atoms with van der Waals surface area (Å²) in [7, 11) is 0. The number of hydrogen-bond donors (Lipinski definition) is 1. The molecule has 0 saturated heterocycles. The molecule has 0 unspecified atom stereocenters. The van der Waals surface area contributed by atoms with Gasteiger partial charge in [-0.1, -0.05) is 18.2 Å². The maximum absolute atomic E-state index is 12.1. The Hall–Kier alpha value is -3.47. The van der Waals surface area contributed by atoms with Gasteiger partial charge in [0, 0.05) is 23.2 Å². The molecule has 0 bridgehead atoms. The monoisotopic (exact) mass is 329 g/mol. The fourth-order valence-corrected chi connectivity index (χ4v) is 2.71. The van der Waals surface area contributed by atoms with Gasteiger partial charge in [0.1, 0.15) is 11.2 Å². The third kappa shape index (κ3) is 2.87. The van der Waals surface area contributed by atoms with Gasteiger partial charge in [0.15, 0.2) is 0 Å². The highest BCUT2D eigenvalue weighted by molar-refractivity contribution is 6.09. The van der Waals surface area contributed by atoms with Crippen molar-refractivity contribution in [1.29, 1.82) is 0 Å². The SMILES string of the molecule is CC(=NNC(=O)c1cccnc1)c1ccc2oc3ccccc3c2c1. The van der Waals surface area contributed by atoms with Gasteiger partial charge in [-0.25, -0.2) is 5.43 Å². The Labute approximate surface area is 144 Å². The predicted octanol–water partition coefficient (Wildman–Crippen LogP) is 4.14. The number of hydrogen-bond acceptors (Lipinski definition) is 4. The average molecular weight is 329 g/mol. The first-order valence-electron chi connectivity index (χ1n) is 7.89. The highest BCUT2D eigenvalue weighted by atomic mass is 16.3. The van der Waals surface area contributed by atoms with Crippen LogP contribution < -0.4 is 5.43 Å². The van der Waals surface area contributed by atoms with E-state index in [1.165, 1.54) is 6.20 Å². The van der Waals surface area contributed by atoms with Gasteiger partial charge in [-0.15, -0.1) is 0 Å². The third-order valence-corrected chi connectivity index (χ3v) is 4.04. The lowest BCUT2D eigenvalue weighted by molar-refractivity contribution is 0.0954. The minimum Gasteiger partial charge on any atom is -0.456 e. The largest absolute Gasteiger partial charge is 0.456 e. The molecule has 25 heavy (non-hydrogen) atoms. The lowest BCUT2D eigenvalue weighted by Crippen LogP contribution is -2.19. The van der Waals surface area contributed by atoms with Gasteiger partial charge in [0.2, 0.25) is 0 Å². The molecule has 5 nitrogen and oxygen atoms in total. The summed E-state index contributed by atoms with van der Waals surface area (Å²) in [6.45, 7) is 1.85. The van der Waals surface area contributed by atoms with Crippen molar-refractivity contribution >= 4 is 33.6 Å². The molecule has 2 aromatic heterocycles. The van der Waals surface area contributed by atoms with Gasteiger partial charge in [-0.3, -0.25) is 9.78 Å². The zero-order chi connectivity index (χ0) is 17.2. The van der Waals surface area contributed by atoms with Gasteiger partial charge in [0.05, 0.1) is 11.3 Å². The van der Waals surface area contributed by atoms with Crippen LogP contribution in [0.5, 0.6) is 0 Å². The number of fused-ring (bicyclic) bond motifs is 3. The summed E-state index contributed by atoms with van der Waals surface area (Å²) in [4.78, 5) is 16.0. The van der Waals surface area contributed by atoms with Crippen LogP contribution in [0.2, 0.25) is 0 Å². The quantitative estimate of drug-likeness (QED) is 0.454. The number of para-hydroxylation sites is 1. The van der Waals surface area contributed by atoms with Crippen molar-refractivity contribution in [3.05, 3.63) is 78.1 Å². The van der Waals surface area contributed by atoms with E-state index in [4.69, 9.17) is 4.42 Å². The smallest absolute Gasteiger partial charge is 0.272 e. The number of amides is 1. The molecule has 0 aliphatic heterocycles. The second-order valence-corrected chi connectivity index (χ2v) is 5.69. The standard InChI is InChI=1S/C20H15N3O2/c1-13(22-23-20(24)15-5-4-10-21-12-15)14-8-9-19-17(11-14)16-6-2-3-7-18(16)25-19/h2-12H,1H3,(H,23,24). The molecule has 0 atom stereocenters. The van der Waals surface area contributed by atoms with Gasteiger partial charge >= 0.3 is 0 Å². The Kier molecular flexibility index (Phi) is 3.74. The molecule has 1 N–H and O–H groups in total. The van der Waals surface area contributed by atoms with E-state index in [1.54, 1.807) is 18.3 Å². The molecule has 2 aromatic carbocycles. The van der Waals surface area contributed by atoms with E-state index in [-0.39, 0.29) is 5.91 Å². The van der Waals surface area contributed by atoms with Crippen LogP contribution in [0.1, 0.15) is 22.8 Å². The van der Waals surface area contributed by atoms with Crippen molar-refractivity contribution in [1.82, 2.24) is 10.4 Å². The topological polar surface area (TPSA) is 67.5 Å². The second kappa shape index (κ2) is 6.20. The summed E-state index contributed by atoms with van der Waals surface area (Å²) in [5, 5.41) is 6.29. The molecule has 0 fully saturated rings. The minimum atomic E-state index is -0.290. The van der Waals surface area contributed by atoms with E-state index in [2.05, 4.69) is 15.5 Å². The van der Waals surface area contributed by atoms with Crippen LogP contribution in [0.15, 0.2) is 76.5 Å². The van der Waals surface area contributed by atoms with E-state index in [0.29, 0.717) is 11.3 Å². The van der Waals surface area contributed by atoms with Gasteiger partial charge in [-0.05, 0) is 48.9 Å². The number of nitrogens with zero attached hydrogens (tertiary/aromatic N) is 2. The number of carbonyl (C=O) groups excluding carboxylic acids is 1. The summed E-state index contributed by atoms with van der Waals surface area (Å²) in [5.41, 5.74) is 6.35. The lowest BCUT2D eigenvalue weighted by Gasteiger charge is -2.03. The van der Waals surface area contributed by atoms with Gasteiger partial charge in [-0.2, -0.15) is 5.10 Å². The van der Waals surface area contributed by atoms with Crippen molar-refractivity contribution in [3.8, 4) is 0 Å². The number of rotatable bonds is 3. The van der Waals surface area contributed by atoms with Crippen molar-refractivity contribution < 1.29 is 9.21 Å². The number of furan rings is 1. The Morgan fingerprint density at radius 3 is 2.68 bits per heavy atom. The number of nitrogens with one attached hydrogen (secondary N) is 1. The first-order chi connectivity index (χ1) is 12.2. The molecular formula is C20H15N3O2. The van der Waals surface area contributed by atoms with Crippen LogP contribution >= 0.6 is 0 Å². The molecule has 4 aromatic rings. The van der Waals surface area contributed by atoms with E-state index >= 15 is 0 Å². The first kappa shape index (κ1) is 15.1. The summed E-state index contributed by atoms with van der Waals surface area (Å²) >= 11 is 0. The van der Waals surface area contributed by atoms with Crippen molar-refractivity contribution in [2.24, 2.45) is 5.10 Å². The molecule has 1 amide bonds. The number of benzene rings is 2. The zero-order valence-electron chi connectivity index (χ0n) is 13.6. The summed E-state index contributed by atoms with van der Waals surface area (Å²) in [6.07, 6.45) is 3.12. The molecule has 2 heterocycles. The zero-order valence-corrected chi connectivity index (χ0v) is 13.6. The second-order valence-electron chi connectivity index (χ2n) is 5.69. The number of aromatic nitrogens is 1. The third-order valence-electron chi connectivity index (χ3n) is 4.04. The molecule has 0 spiro atoms. The molecular weight excluding hydrogens is 314 g/mol. The number of carbonyl (C=O) groups is 1. The van der Waals surface area contributed by atoms with Crippen molar-refractivity contribution in [3.63, 3.8) is 0 Å². The van der Waals surface area contributed by atoms with E-state index in [1.807, 2.05) is 49.4 Å². The fourth-order valence-electron chi connectivity index (χ4n) is 2.71. The van der Waals surface area contributed by atoms with Crippen LogP contribution in [0.3, 0.4) is 0 Å². The van der Waals surface area contributed by atoms with Crippen LogP contribution in [0, 0.1) is 0 Å². The summed E-state index contributed by atoms with van der Waals surface area (Å²) < 4.78 is 5.83. The Morgan fingerprint density at radius 2 is 1.84 bits per heavy atom. The van der Waals surface area contributed by atoms with Gasteiger partial charge in [0.25, 0.3) is 5.91 Å². The van der Waals surface area contributed by atoms with Crippen LogP contribution in [-0.2, 0) is 0 Å². The molecule has 0 aliphatic rings. The molecule has 5 heteroatoms. The average Bonchev–Trinajstić information content (AvgIpc) is 3.04.